The van der Waals surface area contributed by atoms with Gasteiger partial charge >= 0.3 is 39.5 Å². The van der Waals surface area contributed by atoms with E-state index in [9.17, 15) is 43.2 Å². The maximum Gasteiger partial charge on any atom is 0.472 e. The fourth-order valence-corrected chi connectivity index (χ4v) is 13.0. The lowest BCUT2D eigenvalue weighted by atomic mass is 9.99. The van der Waals surface area contributed by atoms with Crippen molar-refractivity contribution >= 4 is 39.5 Å². The number of phosphoric ester groups is 2. The highest BCUT2D eigenvalue weighted by Gasteiger charge is 2.30. The maximum absolute atomic E-state index is 13.1. The minimum atomic E-state index is -4.96. The zero-order valence-corrected chi connectivity index (χ0v) is 63.1. The van der Waals surface area contributed by atoms with E-state index in [0.29, 0.717) is 25.7 Å². The molecular formula is C75H146O17P2. The third-order valence-electron chi connectivity index (χ3n) is 18.2. The van der Waals surface area contributed by atoms with Crippen LogP contribution >= 0.6 is 15.6 Å². The summed E-state index contributed by atoms with van der Waals surface area (Å²) in [5, 5.41) is 10.6. The van der Waals surface area contributed by atoms with E-state index in [2.05, 4.69) is 41.5 Å². The summed E-state index contributed by atoms with van der Waals surface area (Å²) in [6.45, 7) is 9.63. The van der Waals surface area contributed by atoms with Gasteiger partial charge in [0.1, 0.15) is 19.3 Å². The summed E-state index contributed by atoms with van der Waals surface area (Å²) in [5.41, 5.74) is 0. The molecule has 3 N–H and O–H groups in total. The number of aliphatic hydroxyl groups excluding tert-OH is 1. The molecule has 0 spiro atoms. The first-order chi connectivity index (χ1) is 45.4. The van der Waals surface area contributed by atoms with Crippen LogP contribution in [0.25, 0.3) is 0 Å². The van der Waals surface area contributed by atoms with Crippen LogP contribution in [0.5, 0.6) is 0 Å². The van der Waals surface area contributed by atoms with Gasteiger partial charge in [-0.3, -0.25) is 37.3 Å². The summed E-state index contributed by atoms with van der Waals surface area (Å²) < 4.78 is 68.4. The molecule has 558 valence electrons. The van der Waals surface area contributed by atoms with Gasteiger partial charge in [0, 0.05) is 25.7 Å². The molecule has 0 bridgehead atoms. The van der Waals surface area contributed by atoms with Gasteiger partial charge in [-0.1, -0.05) is 337 Å². The molecule has 0 aromatic heterocycles. The predicted molar refractivity (Wildman–Crippen MR) is 381 cm³/mol. The summed E-state index contributed by atoms with van der Waals surface area (Å²) in [5.74, 6) is -0.471. The fourth-order valence-electron chi connectivity index (χ4n) is 11.4. The van der Waals surface area contributed by atoms with Gasteiger partial charge < -0.3 is 33.8 Å². The molecule has 0 saturated carbocycles. The summed E-state index contributed by atoms with van der Waals surface area (Å²) in [6.07, 6.45) is 54.1. The number of ether oxygens (including phenoxy) is 4. The Bertz CT molecular complexity index is 1820. The van der Waals surface area contributed by atoms with Crippen LogP contribution in [0.1, 0.15) is 388 Å². The highest BCUT2D eigenvalue weighted by atomic mass is 31.2. The first kappa shape index (κ1) is 92.1. The molecule has 0 aromatic carbocycles. The lowest BCUT2D eigenvalue weighted by Gasteiger charge is -2.21. The van der Waals surface area contributed by atoms with Gasteiger partial charge in [0.15, 0.2) is 12.2 Å². The average molecular weight is 1380 g/mol. The molecule has 4 unspecified atom stereocenters. The summed E-state index contributed by atoms with van der Waals surface area (Å²) >= 11 is 0. The maximum atomic E-state index is 13.1. The van der Waals surface area contributed by atoms with Gasteiger partial charge in [-0.25, -0.2) is 9.13 Å². The van der Waals surface area contributed by atoms with Crippen LogP contribution < -0.4 is 0 Å². The van der Waals surface area contributed by atoms with Crippen LogP contribution in [-0.2, 0) is 65.4 Å². The normalized spacial score (nSPS) is 14.6. The number of aliphatic hydroxyl groups is 1. The molecule has 0 aliphatic carbocycles. The molecule has 0 aromatic rings. The van der Waals surface area contributed by atoms with Crippen molar-refractivity contribution in [1.29, 1.82) is 0 Å². The molecule has 0 rings (SSSR count). The number of esters is 4. The SMILES string of the molecule is CCCCCCCCCCCCCC(=O)O[C@H](COC(=O)CCCCCCCCCCC)COP(=O)(O)OC[C@H](O)COP(=O)(O)OC[C@@H](COC(=O)CCCCCCCCCCC(C)CC)OC(=O)CCCCCCCCCCCCCCCCCCCCC(C)CC. The Morgan fingerprint density at radius 3 is 0.755 bits per heavy atom. The molecule has 0 fully saturated rings. The predicted octanol–water partition coefficient (Wildman–Crippen LogP) is 21.9. The number of carbonyl (C=O) groups excluding carboxylic acids is 4. The number of carbonyl (C=O) groups is 4. The van der Waals surface area contributed by atoms with Gasteiger partial charge in [-0.2, -0.15) is 0 Å². The molecule has 94 heavy (non-hydrogen) atoms. The second-order valence-corrected chi connectivity index (χ2v) is 30.4. The standard InChI is InChI=1S/C75H146O17P2/c1-7-11-13-15-17-19-28-33-41-47-53-59-74(79)91-70(63-85-72(77)57-51-45-39-31-18-16-14-12-8-2)65-89-93(81,82)87-61-69(76)62-88-94(83,84)90-66-71(64-86-73(78)58-52-46-40-36-35-38-44-50-56-68(6)10-4)92-75(80)60-54-48-42-34-30-27-25-23-21-20-22-24-26-29-32-37-43-49-55-67(5)9-3/h67-71,76H,7-66H2,1-6H3,(H,81,82)(H,83,84)/t67?,68?,69-,70+,71+/m0/s1. The monoisotopic (exact) mass is 1380 g/mol. The van der Waals surface area contributed by atoms with Gasteiger partial charge in [-0.05, 0) is 37.5 Å². The van der Waals surface area contributed by atoms with E-state index in [-0.39, 0.29) is 25.7 Å². The smallest absolute Gasteiger partial charge is 0.462 e. The Balaban J connectivity index is 5.16. The second kappa shape index (κ2) is 66.9. The van der Waals surface area contributed by atoms with Crippen LogP contribution in [-0.4, -0.2) is 96.7 Å². The molecular weight excluding hydrogens is 1230 g/mol. The lowest BCUT2D eigenvalue weighted by molar-refractivity contribution is -0.161. The quantitative estimate of drug-likeness (QED) is 0.0222. The Labute approximate surface area is 575 Å². The van der Waals surface area contributed by atoms with Crippen molar-refractivity contribution in [1.82, 2.24) is 0 Å². The van der Waals surface area contributed by atoms with Crippen LogP contribution in [0.4, 0.5) is 0 Å². The summed E-state index contributed by atoms with van der Waals surface area (Å²) in [6, 6.07) is 0. The van der Waals surface area contributed by atoms with Crippen molar-refractivity contribution in [2.24, 2.45) is 11.8 Å². The first-order valence-corrected chi connectivity index (χ1v) is 42.1. The average Bonchev–Trinajstić information content (AvgIpc) is 3.23. The summed E-state index contributed by atoms with van der Waals surface area (Å²) in [4.78, 5) is 72.6. The largest absolute Gasteiger partial charge is 0.472 e. The van der Waals surface area contributed by atoms with E-state index in [1.54, 1.807) is 0 Å². The van der Waals surface area contributed by atoms with Gasteiger partial charge in [0.05, 0.1) is 26.4 Å². The highest BCUT2D eigenvalue weighted by Crippen LogP contribution is 2.45. The Morgan fingerprint density at radius 1 is 0.298 bits per heavy atom. The van der Waals surface area contributed by atoms with E-state index in [0.717, 1.165) is 102 Å². The zero-order chi connectivity index (χ0) is 69.3. The zero-order valence-electron chi connectivity index (χ0n) is 61.3. The van der Waals surface area contributed by atoms with E-state index < -0.39 is 97.5 Å². The number of hydrogen-bond donors (Lipinski definition) is 3. The van der Waals surface area contributed by atoms with Crippen molar-refractivity contribution < 1.29 is 80.2 Å². The summed E-state index contributed by atoms with van der Waals surface area (Å²) in [7, 11) is -9.90. The minimum absolute atomic E-state index is 0.107. The molecule has 7 atom stereocenters. The number of phosphoric acid groups is 2. The van der Waals surface area contributed by atoms with Crippen molar-refractivity contribution in [3.8, 4) is 0 Å². The van der Waals surface area contributed by atoms with Gasteiger partial charge in [-0.15, -0.1) is 0 Å². The van der Waals surface area contributed by atoms with Crippen LogP contribution in [0, 0.1) is 11.8 Å². The third-order valence-corrected chi connectivity index (χ3v) is 20.1. The molecule has 0 saturated heterocycles. The topological polar surface area (TPSA) is 237 Å². The van der Waals surface area contributed by atoms with E-state index >= 15 is 0 Å². The molecule has 19 heteroatoms. The number of hydrogen-bond acceptors (Lipinski definition) is 15. The van der Waals surface area contributed by atoms with Crippen molar-refractivity contribution in [3.63, 3.8) is 0 Å². The van der Waals surface area contributed by atoms with E-state index in [4.69, 9.17) is 37.0 Å². The molecule has 0 aliphatic heterocycles. The van der Waals surface area contributed by atoms with Gasteiger partial charge in [0.25, 0.3) is 0 Å². The van der Waals surface area contributed by atoms with E-state index in [1.165, 1.54) is 205 Å². The third kappa shape index (κ3) is 66.0. The molecule has 17 nitrogen and oxygen atoms in total. The first-order valence-electron chi connectivity index (χ1n) is 39.1. The lowest BCUT2D eigenvalue weighted by Crippen LogP contribution is -2.30. The molecule has 0 radical (unpaired) electrons. The van der Waals surface area contributed by atoms with E-state index in [1.807, 2.05) is 0 Å². The van der Waals surface area contributed by atoms with Crippen LogP contribution in [0.3, 0.4) is 0 Å². The van der Waals surface area contributed by atoms with Gasteiger partial charge in [0.2, 0.25) is 0 Å². The second-order valence-electron chi connectivity index (χ2n) is 27.5. The Hall–Kier alpha value is -1.94. The van der Waals surface area contributed by atoms with Crippen LogP contribution in [0.15, 0.2) is 0 Å². The minimum Gasteiger partial charge on any atom is -0.462 e. The van der Waals surface area contributed by atoms with Crippen molar-refractivity contribution in [3.05, 3.63) is 0 Å². The number of unbranched alkanes of at least 4 members (excludes halogenated alkanes) is 42. The number of rotatable bonds is 74. The van der Waals surface area contributed by atoms with Crippen molar-refractivity contribution in [2.45, 2.75) is 407 Å². The fraction of sp³-hybridized carbons (Fsp3) is 0.947. The molecule has 0 aliphatic rings. The molecule has 0 heterocycles. The Kier molecular flexibility index (Phi) is 65.5. The van der Waals surface area contributed by atoms with Crippen molar-refractivity contribution in [2.75, 3.05) is 39.6 Å². The Morgan fingerprint density at radius 2 is 0.511 bits per heavy atom. The highest BCUT2D eigenvalue weighted by molar-refractivity contribution is 7.47. The van der Waals surface area contributed by atoms with Crippen LogP contribution in [0.2, 0.25) is 0 Å². The molecule has 0 amide bonds.